The van der Waals surface area contributed by atoms with E-state index < -0.39 is 16.1 Å². The van der Waals surface area contributed by atoms with Gasteiger partial charge in [-0.15, -0.1) is 0 Å². The molecule has 8 nitrogen and oxygen atoms in total. The Morgan fingerprint density at radius 3 is 2.29 bits per heavy atom. The van der Waals surface area contributed by atoms with Crippen molar-refractivity contribution in [1.82, 2.24) is 24.3 Å². The molecule has 0 radical (unpaired) electrons. The van der Waals surface area contributed by atoms with E-state index in [0.29, 0.717) is 11.4 Å². The average Bonchev–Trinajstić information content (AvgIpc) is 3.14. The number of nitrogens with one attached hydrogen (secondary N) is 1. The molecule has 9 heteroatoms. The van der Waals surface area contributed by atoms with E-state index in [4.69, 9.17) is 4.74 Å². The summed E-state index contributed by atoms with van der Waals surface area (Å²) in [6, 6.07) is 7.07. The average molecular weight is 404 g/mol. The maximum absolute atomic E-state index is 12.9. The van der Waals surface area contributed by atoms with Crippen LogP contribution >= 0.6 is 0 Å². The summed E-state index contributed by atoms with van der Waals surface area (Å²) < 4.78 is 37.1. The number of methoxy groups -OCH3 is 1. The minimum Gasteiger partial charge on any atom is -0.497 e. The number of hydrogen-bond donors (Lipinski definition) is 1. The summed E-state index contributed by atoms with van der Waals surface area (Å²) in [6.07, 6.45) is 1.69. The zero-order valence-electron chi connectivity index (χ0n) is 16.9. The van der Waals surface area contributed by atoms with Crippen LogP contribution in [0.5, 0.6) is 5.75 Å². The highest BCUT2D eigenvalue weighted by molar-refractivity contribution is 7.89. The van der Waals surface area contributed by atoms with Crippen molar-refractivity contribution in [1.29, 1.82) is 0 Å². The second-order valence-corrected chi connectivity index (χ2v) is 8.41. The minimum atomic E-state index is -3.72. The molecule has 28 heavy (non-hydrogen) atoms. The molecule has 2 heterocycles. The highest BCUT2D eigenvalue weighted by Gasteiger charge is 2.27. The van der Waals surface area contributed by atoms with Crippen molar-refractivity contribution in [2.24, 2.45) is 7.05 Å². The lowest BCUT2D eigenvalue weighted by Gasteiger charge is -2.15. The maximum atomic E-state index is 12.9. The van der Waals surface area contributed by atoms with Crippen molar-refractivity contribution < 1.29 is 13.2 Å². The third-order valence-electron chi connectivity index (χ3n) is 4.87. The number of ether oxygens (including phenoxy) is 1. The van der Waals surface area contributed by atoms with E-state index in [1.165, 1.54) is 0 Å². The van der Waals surface area contributed by atoms with E-state index in [9.17, 15) is 8.42 Å². The molecule has 3 aromatic rings. The molecule has 0 bridgehead atoms. The molecule has 150 valence electrons. The van der Waals surface area contributed by atoms with Crippen molar-refractivity contribution >= 4 is 10.0 Å². The zero-order valence-corrected chi connectivity index (χ0v) is 17.7. The van der Waals surface area contributed by atoms with Crippen LogP contribution in [0.2, 0.25) is 0 Å². The molecular formula is C19H25N5O3S. The van der Waals surface area contributed by atoms with Crippen molar-refractivity contribution in [3.05, 3.63) is 53.1 Å². The SMILES string of the molecule is COc1ccc(-n2ncc([C@@H](C)NS(=O)(=O)c3c(C)nn(C)c3C)c2C)cc1. The van der Waals surface area contributed by atoms with E-state index in [2.05, 4.69) is 14.9 Å². The first kappa shape index (κ1) is 20.1. The van der Waals surface area contributed by atoms with Gasteiger partial charge in [0.1, 0.15) is 10.6 Å². The van der Waals surface area contributed by atoms with Gasteiger partial charge in [0, 0.05) is 24.3 Å². The van der Waals surface area contributed by atoms with Crippen LogP contribution in [0.4, 0.5) is 0 Å². The monoisotopic (exact) mass is 403 g/mol. The molecule has 2 aromatic heterocycles. The Kier molecular flexibility index (Phi) is 5.31. The Morgan fingerprint density at radius 2 is 1.75 bits per heavy atom. The maximum Gasteiger partial charge on any atom is 0.244 e. The second kappa shape index (κ2) is 7.40. The van der Waals surface area contributed by atoms with E-state index in [0.717, 1.165) is 22.7 Å². The Hall–Kier alpha value is -2.65. The van der Waals surface area contributed by atoms with Gasteiger partial charge in [0.15, 0.2) is 0 Å². The standard InChI is InChI=1S/C19H25N5O3S/c1-12(22-28(25,26)19-13(2)21-23(5)15(19)4)18-11-20-24(14(18)3)16-7-9-17(27-6)10-8-16/h7-12,22H,1-6H3/t12-/m1/s1. The first-order valence-corrected chi connectivity index (χ1v) is 10.4. The van der Waals surface area contributed by atoms with Gasteiger partial charge in [-0.2, -0.15) is 10.2 Å². The molecule has 0 saturated carbocycles. The summed E-state index contributed by atoms with van der Waals surface area (Å²) in [6.45, 7) is 7.16. The molecular weight excluding hydrogens is 378 g/mol. The lowest BCUT2D eigenvalue weighted by atomic mass is 10.1. The molecule has 0 fully saturated rings. The number of nitrogens with zero attached hydrogens (tertiary/aromatic N) is 4. The van der Waals surface area contributed by atoms with E-state index >= 15 is 0 Å². The van der Waals surface area contributed by atoms with E-state index in [1.54, 1.807) is 50.5 Å². The van der Waals surface area contributed by atoms with E-state index in [1.807, 2.05) is 31.2 Å². The number of aromatic nitrogens is 4. The molecule has 0 spiro atoms. The van der Waals surface area contributed by atoms with Gasteiger partial charge in [-0.3, -0.25) is 4.68 Å². The first-order chi connectivity index (χ1) is 13.2. The Morgan fingerprint density at radius 1 is 1.11 bits per heavy atom. The summed E-state index contributed by atoms with van der Waals surface area (Å²) >= 11 is 0. The van der Waals surface area contributed by atoms with Crippen LogP contribution < -0.4 is 9.46 Å². The molecule has 1 N–H and O–H groups in total. The minimum absolute atomic E-state index is 0.224. The summed E-state index contributed by atoms with van der Waals surface area (Å²) in [5.41, 5.74) is 3.62. The second-order valence-electron chi connectivity index (χ2n) is 6.76. The summed E-state index contributed by atoms with van der Waals surface area (Å²) in [5.74, 6) is 0.761. The van der Waals surface area contributed by atoms with Gasteiger partial charge < -0.3 is 4.74 Å². The Bertz CT molecular complexity index is 1100. The van der Waals surface area contributed by atoms with Crippen LogP contribution in [0.1, 0.15) is 35.6 Å². The van der Waals surface area contributed by atoms with Crippen LogP contribution in [0.15, 0.2) is 35.4 Å². The molecule has 1 atom stereocenters. The third-order valence-corrected chi connectivity index (χ3v) is 6.67. The van der Waals surface area contributed by atoms with Gasteiger partial charge in [0.2, 0.25) is 10.0 Å². The van der Waals surface area contributed by atoms with Crippen LogP contribution in [-0.4, -0.2) is 35.1 Å². The topological polar surface area (TPSA) is 91.0 Å². The van der Waals surface area contributed by atoms with Crippen molar-refractivity contribution in [3.8, 4) is 11.4 Å². The fourth-order valence-corrected chi connectivity index (χ4v) is 4.99. The van der Waals surface area contributed by atoms with Gasteiger partial charge in [-0.05, 0) is 52.0 Å². The summed E-state index contributed by atoms with van der Waals surface area (Å²) in [7, 11) is -0.369. The quantitative estimate of drug-likeness (QED) is 0.683. The fourth-order valence-electron chi connectivity index (χ4n) is 3.33. The van der Waals surface area contributed by atoms with Gasteiger partial charge in [0.05, 0.1) is 30.4 Å². The number of benzene rings is 1. The normalized spacial score (nSPS) is 12.9. The predicted octanol–water partition coefficient (Wildman–Crippen LogP) is 2.58. The van der Waals surface area contributed by atoms with Gasteiger partial charge in [-0.25, -0.2) is 17.8 Å². The summed E-state index contributed by atoms with van der Waals surface area (Å²) in [5, 5.41) is 8.63. The highest BCUT2D eigenvalue weighted by atomic mass is 32.2. The van der Waals surface area contributed by atoms with Crippen molar-refractivity contribution in [2.75, 3.05) is 7.11 Å². The van der Waals surface area contributed by atoms with E-state index in [-0.39, 0.29) is 4.90 Å². The molecule has 0 saturated heterocycles. The molecule has 3 rings (SSSR count). The highest BCUT2D eigenvalue weighted by Crippen LogP contribution is 2.25. The lowest BCUT2D eigenvalue weighted by molar-refractivity contribution is 0.414. The molecule has 1 aromatic carbocycles. The number of hydrogen-bond acceptors (Lipinski definition) is 5. The van der Waals surface area contributed by atoms with Crippen LogP contribution in [-0.2, 0) is 17.1 Å². The van der Waals surface area contributed by atoms with Crippen LogP contribution in [0.3, 0.4) is 0 Å². The number of rotatable bonds is 6. The number of aryl methyl sites for hydroxylation is 2. The van der Waals surface area contributed by atoms with Gasteiger partial charge in [0.25, 0.3) is 0 Å². The number of sulfonamides is 1. The summed E-state index contributed by atoms with van der Waals surface area (Å²) in [4.78, 5) is 0.224. The molecule has 0 aliphatic carbocycles. The first-order valence-electron chi connectivity index (χ1n) is 8.87. The fraction of sp³-hybridized carbons (Fsp3) is 0.368. The molecule has 0 amide bonds. The Labute approximate surface area is 165 Å². The predicted molar refractivity (Wildman–Crippen MR) is 106 cm³/mol. The largest absolute Gasteiger partial charge is 0.497 e. The zero-order chi connectivity index (χ0) is 20.6. The van der Waals surface area contributed by atoms with Gasteiger partial charge in [-0.1, -0.05) is 0 Å². The van der Waals surface area contributed by atoms with Gasteiger partial charge >= 0.3 is 0 Å². The van der Waals surface area contributed by atoms with Crippen LogP contribution in [0, 0.1) is 20.8 Å². The lowest BCUT2D eigenvalue weighted by Crippen LogP contribution is -2.28. The van der Waals surface area contributed by atoms with Crippen LogP contribution in [0.25, 0.3) is 5.69 Å². The smallest absolute Gasteiger partial charge is 0.244 e. The molecule has 0 aliphatic rings. The van der Waals surface area contributed by atoms with Crippen molar-refractivity contribution in [2.45, 2.75) is 38.6 Å². The third kappa shape index (κ3) is 3.55. The molecule has 0 unspecified atom stereocenters. The van der Waals surface area contributed by atoms with Crippen molar-refractivity contribution in [3.63, 3.8) is 0 Å². The molecule has 0 aliphatic heterocycles. The Balaban J connectivity index is 1.89.